The van der Waals surface area contributed by atoms with Crippen molar-refractivity contribution in [1.29, 1.82) is 0 Å². The molecule has 0 aliphatic carbocycles. The first-order valence-corrected chi connectivity index (χ1v) is 7.46. The fourth-order valence-corrected chi connectivity index (χ4v) is 2.32. The number of nitrogens with zero attached hydrogens (tertiary/aromatic N) is 3. The number of hydrogen-bond donors (Lipinski definition) is 2. The van der Waals surface area contributed by atoms with Crippen LogP contribution in [0.3, 0.4) is 0 Å². The highest BCUT2D eigenvalue weighted by Gasteiger charge is 2.11. The van der Waals surface area contributed by atoms with Gasteiger partial charge in [-0.3, -0.25) is 14.7 Å². The van der Waals surface area contributed by atoms with Crippen LogP contribution in [0.5, 0.6) is 0 Å². The maximum absolute atomic E-state index is 11.7. The van der Waals surface area contributed by atoms with Crippen LogP contribution in [0.15, 0.2) is 54.5 Å². The number of aromatic nitrogens is 3. The Hall–Kier alpha value is -2.61. The standard InChI is InChI=1S/C14H15N5O2S/c1-2-8-15-13(21)17-12(20)9-22-14-18-16-10-19(14)11-6-4-3-5-7-11/h2-7,10H,1,8-9H2,(H2,15,17,20,21). The number of nitrogens with one attached hydrogen (secondary N) is 2. The molecule has 2 N–H and O–H groups in total. The van der Waals surface area contributed by atoms with E-state index in [1.54, 1.807) is 10.9 Å². The number of benzene rings is 1. The Morgan fingerprint density at radius 1 is 1.32 bits per heavy atom. The average molecular weight is 317 g/mol. The first-order valence-electron chi connectivity index (χ1n) is 6.47. The molecule has 2 rings (SSSR count). The van der Waals surface area contributed by atoms with E-state index >= 15 is 0 Å². The Labute approximate surface area is 131 Å². The van der Waals surface area contributed by atoms with Gasteiger partial charge in [-0.2, -0.15) is 0 Å². The Morgan fingerprint density at radius 2 is 2.09 bits per heavy atom. The maximum Gasteiger partial charge on any atom is 0.321 e. The predicted molar refractivity (Wildman–Crippen MR) is 83.8 cm³/mol. The second-order valence-electron chi connectivity index (χ2n) is 4.15. The minimum atomic E-state index is -0.546. The van der Waals surface area contributed by atoms with Crippen LogP contribution < -0.4 is 10.6 Å². The molecule has 0 fully saturated rings. The smallest absolute Gasteiger partial charge is 0.321 e. The van der Waals surface area contributed by atoms with Crippen LogP contribution in [-0.4, -0.2) is 39.0 Å². The zero-order chi connectivity index (χ0) is 15.8. The molecule has 114 valence electrons. The van der Waals surface area contributed by atoms with Gasteiger partial charge in [0, 0.05) is 12.2 Å². The van der Waals surface area contributed by atoms with Crippen molar-refractivity contribution >= 4 is 23.7 Å². The first-order chi connectivity index (χ1) is 10.7. The van der Waals surface area contributed by atoms with E-state index in [0.717, 1.165) is 5.69 Å². The zero-order valence-electron chi connectivity index (χ0n) is 11.7. The van der Waals surface area contributed by atoms with Crippen LogP contribution in [0, 0.1) is 0 Å². The number of para-hydroxylation sites is 1. The lowest BCUT2D eigenvalue weighted by atomic mass is 10.3. The number of rotatable bonds is 6. The molecule has 8 heteroatoms. The summed E-state index contributed by atoms with van der Waals surface area (Å²) in [6, 6.07) is 9.00. The molecule has 3 amide bonds. The van der Waals surface area contributed by atoms with Crippen molar-refractivity contribution in [3.05, 3.63) is 49.3 Å². The van der Waals surface area contributed by atoms with Gasteiger partial charge < -0.3 is 5.32 Å². The fourth-order valence-electron chi connectivity index (χ4n) is 1.59. The highest BCUT2D eigenvalue weighted by Crippen LogP contribution is 2.18. The van der Waals surface area contributed by atoms with Gasteiger partial charge in [-0.15, -0.1) is 16.8 Å². The Bertz CT molecular complexity index is 656. The third-order valence-corrected chi connectivity index (χ3v) is 3.49. The molecular formula is C14H15N5O2S. The van der Waals surface area contributed by atoms with Gasteiger partial charge in [-0.25, -0.2) is 4.79 Å². The van der Waals surface area contributed by atoms with Crippen molar-refractivity contribution in [2.24, 2.45) is 0 Å². The second-order valence-corrected chi connectivity index (χ2v) is 5.10. The summed E-state index contributed by atoms with van der Waals surface area (Å²) in [5, 5.41) is 13.1. The molecule has 0 bridgehead atoms. The van der Waals surface area contributed by atoms with E-state index in [2.05, 4.69) is 27.4 Å². The number of urea groups is 1. The van der Waals surface area contributed by atoms with Crippen LogP contribution in [0.25, 0.3) is 5.69 Å². The van der Waals surface area contributed by atoms with Crippen molar-refractivity contribution < 1.29 is 9.59 Å². The summed E-state index contributed by atoms with van der Waals surface area (Å²) in [6.45, 7) is 3.77. The summed E-state index contributed by atoms with van der Waals surface area (Å²) in [7, 11) is 0. The minimum Gasteiger partial charge on any atom is -0.334 e. The molecule has 1 aromatic heterocycles. The molecule has 2 aromatic rings. The van der Waals surface area contributed by atoms with Gasteiger partial charge in [0.2, 0.25) is 5.91 Å². The third kappa shape index (κ3) is 4.45. The molecule has 0 spiro atoms. The van der Waals surface area contributed by atoms with Crippen LogP contribution in [0.4, 0.5) is 4.79 Å². The van der Waals surface area contributed by atoms with Crippen molar-refractivity contribution in [2.45, 2.75) is 5.16 Å². The van der Waals surface area contributed by atoms with Gasteiger partial charge in [-0.1, -0.05) is 36.0 Å². The quantitative estimate of drug-likeness (QED) is 0.620. The number of thioether (sulfide) groups is 1. The number of carbonyl (C=O) groups is 2. The van der Waals surface area contributed by atoms with E-state index < -0.39 is 11.9 Å². The topological polar surface area (TPSA) is 88.9 Å². The Morgan fingerprint density at radius 3 is 2.82 bits per heavy atom. The summed E-state index contributed by atoms with van der Waals surface area (Å²) >= 11 is 1.20. The van der Waals surface area contributed by atoms with E-state index in [0.29, 0.717) is 11.7 Å². The molecule has 0 saturated carbocycles. The van der Waals surface area contributed by atoms with Gasteiger partial charge in [0.25, 0.3) is 0 Å². The summed E-state index contributed by atoms with van der Waals surface area (Å²) in [5.74, 6) is -0.346. The number of imide groups is 1. The molecule has 0 aliphatic heterocycles. The van der Waals surface area contributed by atoms with Gasteiger partial charge in [-0.05, 0) is 12.1 Å². The van der Waals surface area contributed by atoms with Crippen molar-refractivity contribution in [3.63, 3.8) is 0 Å². The molecule has 7 nitrogen and oxygen atoms in total. The summed E-state index contributed by atoms with van der Waals surface area (Å²) in [4.78, 5) is 23.0. The first kappa shape index (κ1) is 15.8. The number of carbonyl (C=O) groups excluding carboxylic acids is 2. The summed E-state index contributed by atoms with van der Waals surface area (Å²) in [5.41, 5.74) is 0.902. The van der Waals surface area contributed by atoms with Crippen molar-refractivity contribution in [1.82, 2.24) is 25.4 Å². The zero-order valence-corrected chi connectivity index (χ0v) is 12.5. The van der Waals surface area contributed by atoms with Crippen LogP contribution in [-0.2, 0) is 4.79 Å². The molecule has 22 heavy (non-hydrogen) atoms. The molecule has 0 saturated heterocycles. The number of hydrogen-bond acceptors (Lipinski definition) is 5. The monoisotopic (exact) mass is 317 g/mol. The predicted octanol–water partition coefficient (Wildman–Crippen LogP) is 1.37. The van der Waals surface area contributed by atoms with E-state index in [-0.39, 0.29) is 5.75 Å². The van der Waals surface area contributed by atoms with Gasteiger partial charge in [0.05, 0.1) is 5.75 Å². The minimum absolute atomic E-state index is 0.0625. The molecule has 0 atom stereocenters. The molecular weight excluding hydrogens is 302 g/mol. The largest absolute Gasteiger partial charge is 0.334 e. The maximum atomic E-state index is 11.7. The molecule has 0 aliphatic rings. The average Bonchev–Trinajstić information content (AvgIpc) is 3.00. The van der Waals surface area contributed by atoms with E-state index in [1.165, 1.54) is 17.8 Å². The highest BCUT2D eigenvalue weighted by molar-refractivity contribution is 7.99. The van der Waals surface area contributed by atoms with Gasteiger partial charge in [0.15, 0.2) is 5.16 Å². The van der Waals surface area contributed by atoms with Crippen molar-refractivity contribution in [2.75, 3.05) is 12.3 Å². The van der Waals surface area contributed by atoms with E-state index in [9.17, 15) is 9.59 Å². The lowest BCUT2D eigenvalue weighted by Gasteiger charge is -2.06. The second kappa shape index (κ2) is 7.99. The number of amides is 3. The highest BCUT2D eigenvalue weighted by atomic mass is 32.2. The Balaban J connectivity index is 1.90. The van der Waals surface area contributed by atoms with Crippen molar-refractivity contribution in [3.8, 4) is 5.69 Å². The lowest BCUT2D eigenvalue weighted by Crippen LogP contribution is -2.40. The summed E-state index contributed by atoms with van der Waals surface area (Å²) < 4.78 is 1.77. The molecule has 0 unspecified atom stereocenters. The molecule has 0 radical (unpaired) electrons. The molecule has 1 heterocycles. The van der Waals surface area contributed by atoms with E-state index in [4.69, 9.17) is 0 Å². The van der Waals surface area contributed by atoms with Crippen LogP contribution >= 0.6 is 11.8 Å². The van der Waals surface area contributed by atoms with Gasteiger partial charge in [0.1, 0.15) is 6.33 Å². The normalized spacial score (nSPS) is 10.0. The Kier molecular flexibility index (Phi) is 5.73. The SMILES string of the molecule is C=CCNC(=O)NC(=O)CSc1nncn1-c1ccccc1. The van der Waals surface area contributed by atoms with Gasteiger partial charge >= 0.3 is 6.03 Å². The lowest BCUT2D eigenvalue weighted by molar-refractivity contribution is -0.117. The summed E-state index contributed by atoms with van der Waals surface area (Å²) in [6.07, 6.45) is 3.10. The van der Waals surface area contributed by atoms with Crippen LogP contribution in [0.2, 0.25) is 0 Å². The third-order valence-electron chi connectivity index (χ3n) is 2.54. The molecule has 1 aromatic carbocycles. The van der Waals surface area contributed by atoms with E-state index in [1.807, 2.05) is 30.3 Å². The fraction of sp³-hybridized carbons (Fsp3) is 0.143. The van der Waals surface area contributed by atoms with Crippen LogP contribution in [0.1, 0.15) is 0 Å².